The molecule has 2 aromatic rings. The number of hydrazine groups is 1. The fourth-order valence-electron chi connectivity index (χ4n) is 2.37. The van der Waals surface area contributed by atoms with E-state index in [-0.39, 0.29) is 12.6 Å². The minimum Gasteiger partial charge on any atom is -0.394 e. The number of fused-ring (bicyclic) bond motifs is 1. The number of hydrogen-bond donors (Lipinski definition) is 2. The van der Waals surface area contributed by atoms with E-state index in [1.54, 1.807) is 4.68 Å². The molecule has 0 radical (unpaired) electrons. The Balaban J connectivity index is 2.67. The van der Waals surface area contributed by atoms with Gasteiger partial charge in [-0.05, 0) is 31.4 Å². The van der Waals surface area contributed by atoms with Crippen molar-refractivity contribution in [2.75, 3.05) is 11.6 Å². The average Bonchev–Trinajstić information content (AvgIpc) is 2.71. The van der Waals surface area contributed by atoms with Crippen LogP contribution in [0.15, 0.2) is 6.07 Å². The third-order valence-corrected chi connectivity index (χ3v) is 3.61. The van der Waals surface area contributed by atoms with Crippen molar-refractivity contribution in [3.8, 4) is 0 Å². The van der Waals surface area contributed by atoms with Crippen molar-refractivity contribution in [1.82, 2.24) is 14.8 Å². The highest BCUT2D eigenvalue weighted by Gasteiger charge is 2.19. The monoisotopic (exact) mass is 277 g/mol. The fourth-order valence-corrected chi connectivity index (χ4v) is 2.37. The number of aryl methyl sites for hydroxylation is 2. The quantitative estimate of drug-likeness (QED) is 0.653. The molecule has 0 aliphatic rings. The van der Waals surface area contributed by atoms with Gasteiger partial charge in [-0.3, -0.25) is 9.69 Å². The molecule has 0 fully saturated rings. The van der Waals surface area contributed by atoms with Crippen LogP contribution in [0.3, 0.4) is 0 Å². The van der Waals surface area contributed by atoms with E-state index in [0.29, 0.717) is 11.7 Å². The highest BCUT2D eigenvalue weighted by Crippen LogP contribution is 2.30. The Hall–Kier alpha value is -1.66. The normalized spacial score (nSPS) is 13.2. The van der Waals surface area contributed by atoms with Crippen LogP contribution in [-0.4, -0.2) is 32.5 Å². The van der Waals surface area contributed by atoms with Gasteiger partial charge in [0, 0.05) is 12.4 Å². The van der Waals surface area contributed by atoms with Crippen molar-refractivity contribution >= 4 is 16.9 Å². The van der Waals surface area contributed by atoms with Gasteiger partial charge in [-0.25, -0.2) is 10.8 Å². The molecule has 2 heterocycles. The second-order valence-electron chi connectivity index (χ2n) is 5.57. The maximum absolute atomic E-state index is 9.25. The van der Waals surface area contributed by atoms with Crippen LogP contribution < -0.4 is 10.9 Å². The predicted octanol–water partition coefficient (Wildman–Crippen LogP) is 1.46. The van der Waals surface area contributed by atoms with E-state index in [1.807, 2.05) is 27.0 Å². The van der Waals surface area contributed by atoms with Gasteiger partial charge in [-0.15, -0.1) is 0 Å². The molecule has 0 saturated carbocycles. The van der Waals surface area contributed by atoms with E-state index in [0.717, 1.165) is 16.7 Å². The molecule has 0 amide bonds. The highest BCUT2D eigenvalue weighted by atomic mass is 16.3. The number of nitrogens with zero attached hydrogens (tertiary/aromatic N) is 4. The Morgan fingerprint density at radius 1 is 1.40 bits per heavy atom. The molecule has 110 valence electrons. The van der Waals surface area contributed by atoms with Crippen LogP contribution in [0.4, 0.5) is 5.82 Å². The third kappa shape index (κ3) is 2.36. The summed E-state index contributed by atoms with van der Waals surface area (Å²) in [6.45, 7) is 8.11. The minimum atomic E-state index is -0.186. The molecule has 0 saturated heterocycles. The number of rotatable bonds is 4. The number of pyridine rings is 1. The number of aliphatic hydroxyl groups is 1. The van der Waals surface area contributed by atoms with Gasteiger partial charge >= 0.3 is 0 Å². The molecule has 6 heteroatoms. The van der Waals surface area contributed by atoms with E-state index < -0.39 is 0 Å². The summed E-state index contributed by atoms with van der Waals surface area (Å²) < 4.78 is 1.78. The summed E-state index contributed by atoms with van der Waals surface area (Å²) >= 11 is 0. The van der Waals surface area contributed by atoms with Crippen molar-refractivity contribution in [1.29, 1.82) is 0 Å². The van der Waals surface area contributed by atoms with Crippen LogP contribution >= 0.6 is 0 Å². The zero-order valence-corrected chi connectivity index (χ0v) is 12.8. The van der Waals surface area contributed by atoms with E-state index in [1.165, 1.54) is 10.6 Å². The fraction of sp³-hybridized carbons (Fsp3) is 0.571. The SMILES string of the molecule is Cc1nn(C)c2nc(N(N)C(C)CO)cc(C(C)C)c12. The lowest BCUT2D eigenvalue weighted by Crippen LogP contribution is -2.42. The van der Waals surface area contributed by atoms with Crippen molar-refractivity contribution in [3.05, 3.63) is 17.3 Å². The Bertz CT molecular complexity index is 620. The zero-order valence-electron chi connectivity index (χ0n) is 12.8. The number of aromatic nitrogens is 3. The number of nitrogens with two attached hydrogens (primary N) is 1. The van der Waals surface area contributed by atoms with E-state index in [9.17, 15) is 5.11 Å². The molecule has 2 rings (SSSR count). The third-order valence-electron chi connectivity index (χ3n) is 3.61. The summed E-state index contributed by atoms with van der Waals surface area (Å²) in [4.78, 5) is 4.60. The van der Waals surface area contributed by atoms with Crippen molar-refractivity contribution in [2.24, 2.45) is 12.9 Å². The minimum absolute atomic E-state index is 0.0162. The lowest BCUT2D eigenvalue weighted by molar-refractivity contribution is 0.267. The van der Waals surface area contributed by atoms with E-state index in [4.69, 9.17) is 5.84 Å². The van der Waals surface area contributed by atoms with Gasteiger partial charge in [-0.1, -0.05) is 13.8 Å². The molecule has 3 N–H and O–H groups in total. The zero-order chi connectivity index (χ0) is 15.0. The molecule has 2 aromatic heterocycles. The smallest absolute Gasteiger partial charge is 0.160 e. The summed E-state index contributed by atoms with van der Waals surface area (Å²) in [5.74, 6) is 7.05. The van der Waals surface area contributed by atoms with Crippen LogP contribution in [0.1, 0.15) is 37.9 Å². The van der Waals surface area contributed by atoms with Crippen molar-refractivity contribution < 1.29 is 5.11 Å². The molecule has 0 aliphatic carbocycles. The average molecular weight is 277 g/mol. The van der Waals surface area contributed by atoms with Crippen molar-refractivity contribution in [3.63, 3.8) is 0 Å². The van der Waals surface area contributed by atoms with Gasteiger partial charge < -0.3 is 5.11 Å². The summed E-state index contributed by atoms with van der Waals surface area (Å²) in [6, 6.07) is 1.81. The summed E-state index contributed by atoms with van der Waals surface area (Å²) in [5, 5.41) is 16.3. The van der Waals surface area contributed by atoms with Gasteiger partial charge in [0.1, 0.15) is 5.82 Å². The van der Waals surface area contributed by atoms with E-state index >= 15 is 0 Å². The maximum Gasteiger partial charge on any atom is 0.160 e. The Kier molecular flexibility index (Phi) is 3.96. The molecular weight excluding hydrogens is 254 g/mol. The van der Waals surface area contributed by atoms with Crippen LogP contribution in [0.2, 0.25) is 0 Å². The van der Waals surface area contributed by atoms with Gasteiger partial charge in [0.25, 0.3) is 0 Å². The van der Waals surface area contributed by atoms with Crippen LogP contribution in [-0.2, 0) is 7.05 Å². The van der Waals surface area contributed by atoms with Crippen LogP contribution in [0, 0.1) is 6.92 Å². The second kappa shape index (κ2) is 5.38. The molecule has 20 heavy (non-hydrogen) atoms. The molecule has 0 spiro atoms. The molecule has 6 nitrogen and oxygen atoms in total. The van der Waals surface area contributed by atoms with Gasteiger partial charge in [-0.2, -0.15) is 5.10 Å². The lowest BCUT2D eigenvalue weighted by Gasteiger charge is -2.24. The molecule has 0 bridgehead atoms. The first-order valence-corrected chi connectivity index (χ1v) is 6.85. The Morgan fingerprint density at radius 3 is 2.60 bits per heavy atom. The van der Waals surface area contributed by atoms with Gasteiger partial charge in [0.05, 0.1) is 18.3 Å². The first-order chi connectivity index (χ1) is 9.36. The summed E-state index contributed by atoms with van der Waals surface area (Å²) in [7, 11) is 1.88. The van der Waals surface area contributed by atoms with Gasteiger partial charge in [0.2, 0.25) is 0 Å². The highest BCUT2D eigenvalue weighted by molar-refractivity contribution is 5.84. The first-order valence-electron chi connectivity index (χ1n) is 6.85. The molecule has 0 aliphatic heterocycles. The second-order valence-corrected chi connectivity index (χ2v) is 5.57. The standard InChI is InChI=1S/C14H23N5O/c1-8(2)11-6-12(19(15)9(3)7-20)16-14-13(11)10(4)17-18(14)5/h6,8-9,20H,7,15H2,1-5H3. The summed E-state index contributed by atoms with van der Waals surface area (Å²) in [6.07, 6.45) is 0. The Morgan fingerprint density at radius 2 is 2.05 bits per heavy atom. The summed E-state index contributed by atoms with van der Waals surface area (Å²) in [5.41, 5.74) is 2.98. The number of aliphatic hydroxyl groups excluding tert-OH is 1. The lowest BCUT2D eigenvalue weighted by atomic mass is 9.99. The molecular formula is C14H23N5O. The van der Waals surface area contributed by atoms with E-state index in [2.05, 4.69) is 23.9 Å². The molecule has 0 aromatic carbocycles. The number of hydrogen-bond acceptors (Lipinski definition) is 5. The molecule has 1 atom stereocenters. The maximum atomic E-state index is 9.25. The predicted molar refractivity (Wildman–Crippen MR) is 80.5 cm³/mol. The topological polar surface area (TPSA) is 80.2 Å². The number of anilines is 1. The van der Waals surface area contributed by atoms with Gasteiger partial charge in [0.15, 0.2) is 5.65 Å². The Labute approximate surface area is 119 Å². The van der Waals surface area contributed by atoms with Crippen LogP contribution in [0.25, 0.3) is 11.0 Å². The largest absolute Gasteiger partial charge is 0.394 e. The molecule has 1 unspecified atom stereocenters. The van der Waals surface area contributed by atoms with Crippen molar-refractivity contribution in [2.45, 2.75) is 39.7 Å². The first kappa shape index (κ1) is 14.7. The van der Waals surface area contributed by atoms with Crippen LogP contribution in [0.5, 0.6) is 0 Å².